The van der Waals surface area contributed by atoms with Gasteiger partial charge < -0.3 is 10.2 Å². The molecule has 8 heteroatoms. The number of carbonyl (C=O) groups is 1. The van der Waals surface area contributed by atoms with E-state index in [0.717, 1.165) is 62.0 Å². The van der Waals surface area contributed by atoms with E-state index >= 15 is 0 Å². The van der Waals surface area contributed by atoms with Crippen molar-refractivity contribution in [3.63, 3.8) is 0 Å². The van der Waals surface area contributed by atoms with E-state index in [-0.39, 0.29) is 18.3 Å². The molecule has 3 heterocycles. The molecule has 0 bridgehead atoms. The maximum Gasteiger partial charge on any atom is 0.253 e. The Morgan fingerprint density at radius 2 is 1.70 bits per heavy atom. The first-order chi connectivity index (χ1) is 12.8. The summed E-state index contributed by atoms with van der Waals surface area (Å²) >= 11 is 0. The molecular formula is C19H27ClN6O. The highest BCUT2D eigenvalue weighted by molar-refractivity contribution is 5.94. The summed E-state index contributed by atoms with van der Waals surface area (Å²) < 4.78 is 1.67. The minimum absolute atomic E-state index is 0. The number of tetrazole rings is 1. The van der Waals surface area contributed by atoms with Crippen LogP contribution in [0.25, 0.3) is 0 Å². The van der Waals surface area contributed by atoms with Gasteiger partial charge >= 0.3 is 0 Å². The van der Waals surface area contributed by atoms with E-state index in [4.69, 9.17) is 0 Å². The molecule has 7 nitrogen and oxygen atoms in total. The summed E-state index contributed by atoms with van der Waals surface area (Å²) in [5.74, 6) is 1.79. The van der Waals surface area contributed by atoms with E-state index in [2.05, 4.69) is 20.8 Å². The molecule has 0 unspecified atom stereocenters. The standard InChI is InChI=1S/C19H26N6O.ClH/c26-19(18-3-1-15(2-4-18)13-25-14-21-22-23-25)24-11-7-17(8-12-24)16-5-9-20-10-6-16;/h1-4,14,16-17,20H,5-13H2;1H. The van der Waals surface area contributed by atoms with Crippen molar-refractivity contribution in [2.45, 2.75) is 32.2 Å². The molecule has 4 rings (SSSR count). The second-order valence-electron chi connectivity index (χ2n) is 7.42. The number of hydrogen-bond acceptors (Lipinski definition) is 5. The zero-order valence-electron chi connectivity index (χ0n) is 15.5. The Morgan fingerprint density at radius 3 is 2.33 bits per heavy atom. The highest BCUT2D eigenvalue weighted by Gasteiger charge is 2.29. The van der Waals surface area contributed by atoms with Gasteiger partial charge in [-0.2, -0.15) is 0 Å². The number of nitrogens with one attached hydrogen (secondary N) is 1. The molecule has 2 fully saturated rings. The molecule has 2 saturated heterocycles. The van der Waals surface area contributed by atoms with E-state index in [1.165, 1.54) is 12.8 Å². The Bertz CT molecular complexity index is 706. The van der Waals surface area contributed by atoms with Gasteiger partial charge in [0, 0.05) is 18.7 Å². The van der Waals surface area contributed by atoms with Gasteiger partial charge in [-0.3, -0.25) is 4.79 Å². The SMILES string of the molecule is Cl.O=C(c1ccc(Cn2cnnn2)cc1)N1CCC(C2CCNCC2)CC1. The molecular weight excluding hydrogens is 364 g/mol. The molecule has 1 amide bonds. The zero-order valence-corrected chi connectivity index (χ0v) is 16.3. The monoisotopic (exact) mass is 390 g/mol. The molecule has 2 aliphatic heterocycles. The fraction of sp³-hybridized carbons (Fsp3) is 0.579. The number of likely N-dealkylation sites (tertiary alicyclic amines) is 1. The van der Waals surface area contributed by atoms with E-state index in [1.54, 1.807) is 11.0 Å². The smallest absolute Gasteiger partial charge is 0.253 e. The maximum atomic E-state index is 12.8. The molecule has 0 saturated carbocycles. The first kappa shape index (κ1) is 19.8. The summed E-state index contributed by atoms with van der Waals surface area (Å²) in [6.07, 6.45) is 6.47. The normalized spacial score (nSPS) is 18.9. The largest absolute Gasteiger partial charge is 0.339 e. The topological polar surface area (TPSA) is 75.9 Å². The second-order valence-corrected chi connectivity index (χ2v) is 7.42. The fourth-order valence-electron chi connectivity index (χ4n) is 4.26. The molecule has 0 spiro atoms. The number of piperidine rings is 2. The number of halogens is 1. The number of rotatable bonds is 4. The van der Waals surface area contributed by atoms with E-state index < -0.39 is 0 Å². The minimum atomic E-state index is 0. The molecule has 146 valence electrons. The van der Waals surface area contributed by atoms with Crippen LogP contribution in [0.4, 0.5) is 0 Å². The van der Waals surface area contributed by atoms with Crippen molar-refractivity contribution in [2.75, 3.05) is 26.2 Å². The lowest BCUT2D eigenvalue weighted by atomic mass is 9.79. The van der Waals surface area contributed by atoms with Gasteiger partial charge in [-0.1, -0.05) is 12.1 Å². The number of benzene rings is 1. The minimum Gasteiger partial charge on any atom is -0.339 e. The van der Waals surface area contributed by atoms with Gasteiger partial charge in [0.15, 0.2) is 0 Å². The van der Waals surface area contributed by atoms with E-state index in [0.29, 0.717) is 6.54 Å². The predicted octanol–water partition coefficient (Wildman–Crippen LogP) is 1.99. The quantitative estimate of drug-likeness (QED) is 0.864. The number of hydrogen-bond donors (Lipinski definition) is 1. The van der Waals surface area contributed by atoms with Gasteiger partial charge in [0.2, 0.25) is 0 Å². The summed E-state index contributed by atoms with van der Waals surface area (Å²) in [7, 11) is 0. The first-order valence-corrected chi connectivity index (χ1v) is 9.59. The van der Waals surface area contributed by atoms with Crippen LogP contribution < -0.4 is 5.32 Å². The first-order valence-electron chi connectivity index (χ1n) is 9.59. The average Bonchev–Trinajstić information content (AvgIpc) is 3.22. The van der Waals surface area contributed by atoms with E-state index in [9.17, 15) is 4.79 Å². The Hall–Kier alpha value is -1.99. The Labute approximate surface area is 165 Å². The number of nitrogens with zero attached hydrogens (tertiary/aromatic N) is 5. The average molecular weight is 391 g/mol. The number of aromatic nitrogens is 4. The third-order valence-corrected chi connectivity index (χ3v) is 5.81. The van der Waals surface area contributed by atoms with Crippen molar-refractivity contribution < 1.29 is 4.79 Å². The van der Waals surface area contributed by atoms with Crippen LogP contribution in [-0.2, 0) is 6.54 Å². The third kappa shape index (κ3) is 4.84. The van der Waals surface area contributed by atoms with Gasteiger partial charge in [-0.15, -0.1) is 17.5 Å². The van der Waals surface area contributed by atoms with Crippen LogP contribution in [-0.4, -0.2) is 57.2 Å². The molecule has 0 radical (unpaired) electrons. The third-order valence-electron chi connectivity index (χ3n) is 5.81. The summed E-state index contributed by atoms with van der Waals surface area (Å²) in [5.41, 5.74) is 1.85. The van der Waals surface area contributed by atoms with E-state index in [1.807, 2.05) is 29.2 Å². The van der Waals surface area contributed by atoms with Crippen molar-refractivity contribution in [1.82, 2.24) is 30.4 Å². The van der Waals surface area contributed by atoms with Gasteiger partial charge in [0.05, 0.1) is 6.54 Å². The Kier molecular flexibility index (Phi) is 6.79. The maximum absolute atomic E-state index is 12.8. The highest BCUT2D eigenvalue weighted by Crippen LogP contribution is 2.31. The summed E-state index contributed by atoms with van der Waals surface area (Å²) in [4.78, 5) is 14.8. The van der Waals surface area contributed by atoms with Crippen LogP contribution in [0.2, 0.25) is 0 Å². The van der Waals surface area contributed by atoms with Crippen molar-refractivity contribution in [1.29, 1.82) is 0 Å². The molecule has 2 aliphatic rings. The fourth-order valence-corrected chi connectivity index (χ4v) is 4.26. The lowest BCUT2D eigenvalue weighted by molar-refractivity contribution is 0.0642. The molecule has 2 aromatic rings. The lowest BCUT2D eigenvalue weighted by Crippen LogP contribution is -2.42. The van der Waals surface area contributed by atoms with Crippen molar-refractivity contribution in [3.8, 4) is 0 Å². The summed E-state index contributed by atoms with van der Waals surface area (Å²) in [5, 5.41) is 14.6. The molecule has 1 N–H and O–H groups in total. The zero-order chi connectivity index (χ0) is 17.8. The second kappa shape index (κ2) is 9.28. The Balaban J connectivity index is 0.00000210. The van der Waals surface area contributed by atoms with Crippen LogP contribution >= 0.6 is 12.4 Å². The van der Waals surface area contributed by atoms with Crippen molar-refractivity contribution in [2.24, 2.45) is 11.8 Å². The molecule has 0 atom stereocenters. The molecule has 27 heavy (non-hydrogen) atoms. The molecule has 0 aliphatic carbocycles. The number of amides is 1. The van der Waals surface area contributed by atoms with Crippen molar-refractivity contribution >= 4 is 18.3 Å². The summed E-state index contributed by atoms with van der Waals surface area (Å²) in [6.45, 7) is 4.70. The van der Waals surface area contributed by atoms with Crippen LogP contribution in [0, 0.1) is 11.8 Å². The van der Waals surface area contributed by atoms with Crippen LogP contribution in [0.15, 0.2) is 30.6 Å². The van der Waals surface area contributed by atoms with Gasteiger partial charge in [-0.25, -0.2) is 4.68 Å². The molecule has 1 aromatic heterocycles. The number of carbonyl (C=O) groups excluding carboxylic acids is 1. The van der Waals surface area contributed by atoms with Gasteiger partial charge in [0.25, 0.3) is 5.91 Å². The molecule has 1 aromatic carbocycles. The summed E-state index contributed by atoms with van der Waals surface area (Å²) in [6, 6.07) is 7.80. The van der Waals surface area contributed by atoms with Crippen LogP contribution in [0.1, 0.15) is 41.6 Å². The highest BCUT2D eigenvalue weighted by atomic mass is 35.5. The van der Waals surface area contributed by atoms with Gasteiger partial charge in [0.1, 0.15) is 6.33 Å². The van der Waals surface area contributed by atoms with Crippen LogP contribution in [0.5, 0.6) is 0 Å². The van der Waals surface area contributed by atoms with Gasteiger partial charge in [-0.05, 0) is 78.7 Å². The Morgan fingerprint density at radius 1 is 1.04 bits per heavy atom. The lowest BCUT2D eigenvalue weighted by Gasteiger charge is -2.37. The van der Waals surface area contributed by atoms with Crippen molar-refractivity contribution in [3.05, 3.63) is 41.7 Å². The predicted molar refractivity (Wildman–Crippen MR) is 105 cm³/mol. The van der Waals surface area contributed by atoms with Crippen LogP contribution in [0.3, 0.4) is 0 Å².